The number of rotatable bonds is 14. The van der Waals surface area contributed by atoms with E-state index in [1.165, 1.54) is 0 Å². The maximum atomic E-state index is 12.8. The molecular weight excluding hydrogens is 504 g/mol. The van der Waals surface area contributed by atoms with Gasteiger partial charge in [-0.3, -0.25) is 0 Å². The fraction of sp³-hybridized carbons (Fsp3) is 0.265. The monoisotopic (exact) mass is 540 g/mol. The summed E-state index contributed by atoms with van der Waals surface area (Å²) in [5, 5.41) is 48.6. The molecule has 0 aliphatic heterocycles. The SMILES string of the molecule is O=C[C@@](O)(Cc1ccccc1)[C@](O)(Cc1ccccc1)[C@](O)(Cc1ccccc1)[C@H](O)COCc1ccccc1. The Bertz CT molecular complexity index is 1320. The van der Waals surface area contributed by atoms with Crippen molar-refractivity contribution in [1.82, 2.24) is 0 Å². The van der Waals surface area contributed by atoms with E-state index in [0.29, 0.717) is 16.7 Å². The topological polar surface area (TPSA) is 107 Å². The normalized spacial score (nSPS) is 16.7. The van der Waals surface area contributed by atoms with E-state index in [1.54, 1.807) is 84.9 Å². The molecule has 0 aromatic heterocycles. The first-order chi connectivity index (χ1) is 19.3. The Balaban J connectivity index is 1.78. The number of ether oxygens (including phenoxy) is 1. The van der Waals surface area contributed by atoms with Crippen LogP contribution >= 0.6 is 0 Å². The Labute approximate surface area is 235 Å². The van der Waals surface area contributed by atoms with Crippen LogP contribution < -0.4 is 0 Å². The fourth-order valence-corrected chi connectivity index (χ4v) is 5.21. The van der Waals surface area contributed by atoms with Crippen LogP contribution in [-0.4, -0.2) is 56.2 Å². The average Bonchev–Trinajstić information content (AvgIpc) is 2.99. The summed E-state index contributed by atoms with van der Waals surface area (Å²) in [5.41, 5.74) is -4.80. The van der Waals surface area contributed by atoms with Crippen molar-refractivity contribution in [2.75, 3.05) is 6.61 Å². The number of benzene rings is 4. The van der Waals surface area contributed by atoms with E-state index in [-0.39, 0.29) is 38.8 Å². The summed E-state index contributed by atoms with van der Waals surface area (Å²) >= 11 is 0. The van der Waals surface area contributed by atoms with Crippen LogP contribution in [0.1, 0.15) is 22.3 Å². The number of aldehydes is 1. The van der Waals surface area contributed by atoms with Crippen molar-refractivity contribution in [3.63, 3.8) is 0 Å². The number of hydrogen-bond acceptors (Lipinski definition) is 6. The smallest absolute Gasteiger partial charge is 0.155 e. The lowest BCUT2D eigenvalue weighted by molar-refractivity contribution is -0.268. The predicted octanol–water partition coefficient (Wildman–Crippen LogP) is 3.68. The molecule has 4 aromatic rings. The third kappa shape index (κ3) is 6.55. The van der Waals surface area contributed by atoms with Crippen LogP contribution in [0.25, 0.3) is 0 Å². The van der Waals surface area contributed by atoms with Crippen molar-refractivity contribution in [1.29, 1.82) is 0 Å². The second kappa shape index (κ2) is 13.1. The van der Waals surface area contributed by atoms with Crippen molar-refractivity contribution in [3.05, 3.63) is 144 Å². The number of carbonyl (C=O) groups is 1. The highest BCUT2D eigenvalue weighted by Crippen LogP contribution is 2.42. The molecular formula is C34H36O6. The third-order valence-corrected chi connectivity index (χ3v) is 7.50. The minimum atomic E-state index is -2.54. The van der Waals surface area contributed by atoms with Gasteiger partial charge in [0.1, 0.15) is 17.3 Å². The molecule has 208 valence electrons. The molecule has 6 heteroatoms. The van der Waals surface area contributed by atoms with E-state index in [4.69, 9.17) is 4.74 Å². The molecule has 0 aliphatic carbocycles. The van der Waals surface area contributed by atoms with Crippen molar-refractivity contribution in [3.8, 4) is 0 Å². The second-order valence-electron chi connectivity index (χ2n) is 10.3. The number of hydrogen-bond donors (Lipinski definition) is 4. The molecule has 4 aromatic carbocycles. The zero-order valence-electron chi connectivity index (χ0n) is 22.3. The van der Waals surface area contributed by atoms with Crippen LogP contribution in [0.15, 0.2) is 121 Å². The van der Waals surface area contributed by atoms with Crippen LogP contribution in [0, 0.1) is 0 Å². The fourth-order valence-electron chi connectivity index (χ4n) is 5.21. The molecule has 0 amide bonds. The van der Waals surface area contributed by atoms with Crippen molar-refractivity contribution in [2.45, 2.75) is 48.8 Å². The summed E-state index contributed by atoms with van der Waals surface area (Å²) in [6.45, 7) is -0.187. The standard InChI is InChI=1S/C34H36O6/c35-26-32(37,21-27-13-5-1-6-14-27)34(39,23-29-17-9-3-10-18-29)33(38,22-28-15-7-2-8-16-28)31(36)25-40-24-30-19-11-4-12-20-30/h1-20,26,31,36-39H,21-25H2/t31-,32+,33+,34-/m1/s1. The summed E-state index contributed by atoms with van der Waals surface area (Å²) in [6.07, 6.45) is -2.24. The summed E-state index contributed by atoms with van der Waals surface area (Å²) in [6, 6.07) is 35.8. The van der Waals surface area contributed by atoms with E-state index < -0.39 is 22.9 Å². The van der Waals surface area contributed by atoms with Crippen molar-refractivity contribution < 1.29 is 30.0 Å². The lowest BCUT2D eigenvalue weighted by Crippen LogP contribution is -2.75. The summed E-state index contributed by atoms with van der Waals surface area (Å²) in [5.74, 6) is 0. The molecule has 4 rings (SSSR count). The van der Waals surface area contributed by atoms with Gasteiger partial charge in [0.25, 0.3) is 0 Å². The first-order valence-corrected chi connectivity index (χ1v) is 13.3. The van der Waals surface area contributed by atoms with Gasteiger partial charge >= 0.3 is 0 Å². The Kier molecular flexibility index (Phi) is 9.63. The maximum Gasteiger partial charge on any atom is 0.155 e. The Morgan fingerprint density at radius 1 is 0.600 bits per heavy atom. The molecule has 40 heavy (non-hydrogen) atoms. The van der Waals surface area contributed by atoms with Gasteiger partial charge in [-0.25, -0.2) is 0 Å². The molecule has 0 radical (unpaired) electrons. The average molecular weight is 541 g/mol. The van der Waals surface area contributed by atoms with E-state index >= 15 is 0 Å². The third-order valence-electron chi connectivity index (χ3n) is 7.50. The molecule has 6 nitrogen and oxygen atoms in total. The Morgan fingerprint density at radius 2 is 1.00 bits per heavy atom. The van der Waals surface area contributed by atoms with Gasteiger partial charge in [0.2, 0.25) is 0 Å². The molecule has 0 bridgehead atoms. The van der Waals surface area contributed by atoms with Gasteiger partial charge in [0, 0.05) is 19.3 Å². The van der Waals surface area contributed by atoms with Gasteiger partial charge in [-0.15, -0.1) is 0 Å². The molecule has 0 saturated heterocycles. The first-order valence-electron chi connectivity index (χ1n) is 13.3. The zero-order chi connectivity index (χ0) is 28.5. The summed E-state index contributed by atoms with van der Waals surface area (Å²) < 4.78 is 5.78. The van der Waals surface area contributed by atoms with E-state index in [1.807, 2.05) is 36.4 Å². The van der Waals surface area contributed by atoms with E-state index in [0.717, 1.165) is 5.56 Å². The molecule has 4 atom stereocenters. The molecule has 0 heterocycles. The summed E-state index contributed by atoms with van der Waals surface area (Å²) in [7, 11) is 0. The molecule has 0 spiro atoms. The molecule has 4 N–H and O–H groups in total. The van der Waals surface area contributed by atoms with Crippen LogP contribution in [0.4, 0.5) is 0 Å². The highest BCUT2D eigenvalue weighted by atomic mass is 16.5. The van der Waals surface area contributed by atoms with Gasteiger partial charge < -0.3 is 30.0 Å². The minimum absolute atomic E-state index is 0.165. The number of carbonyl (C=O) groups excluding carboxylic acids is 1. The van der Waals surface area contributed by atoms with Crippen LogP contribution in [0.2, 0.25) is 0 Å². The van der Waals surface area contributed by atoms with E-state index in [2.05, 4.69) is 0 Å². The molecule has 0 saturated carbocycles. The molecule has 0 fully saturated rings. The predicted molar refractivity (Wildman–Crippen MR) is 153 cm³/mol. The van der Waals surface area contributed by atoms with Gasteiger partial charge in [-0.1, -0.05) is 121 Å². The highest BCUT2D eigenvalue weighted by molar-refractivity contribution is 5.67. The molecule has 0 unspecified atom stereocenters. The minimum Gasteiger partial charge on any atom is -0.388 e. The molecule has 0 aliphatic rings. The second-order valence-corrected chi connectivity index (χ2v) is 10.3. The summed E-state index contributed by atoms with van der Waals surface area (Å²) in [4.78, 5) is 12.8. The Morgan fingerprint density at radius 3 is 1.45 bits per heavy atom. The van der Waals surface area contributed by atoms with Crippen LogP contribution in [-0.2, 0) is 35.4 Å². The quantitative estimate of drug-likeness (QED) is 0.182. The highest BCUT2D eigenvalue weighted by Gasteiger charge is 2.64. The van der Waals surface area contributed by atoms with Gasteiger partial charge in [0.15, 0.2) is 11.9 Å². The van der Waals surface area contributed by atoms with Crippen LogP contribution in [0.5, 0.6) is 0 Å². The van der Waals surface area contributed by atoms with E-state index in [9.17, 15) is 25.2 Å². The zero-order valence-corrected chi connectivity index (χ0v) is 22.3. The van der Waals surface area contributed by atoms with Gasteiger partial charge in [-0.2, -0.15) is 0 Å². The van der Waals surface area contributed by atoms with Crippen LogP contribution in [0.3, 0.4) is 0 Å². The first kappa shape index (κ1) is 29.3. The number of aliphatic hydroxyl groups excluding tert-OH is 1. The van der Waals surface area contributed by atoms with Crippen molar-refractivity contribution >= 4 is 6.29 Å². The van der Waals surface area contributed by atoms with Gasteiger partial charge in [0.05, 0.1) is 13.2 Å². The lowest BCUT2D eigenvalue weighted by atomic mass is 9.62. The lowest BCUT2D eigenvalue weighted by Gasteiger charge is -2.52. The maximum absolute atomic E-state index is 12.8. The largest absolute Gasteiger partial charge is 0.388 e. The van der Waals surface area contributed by atoms with Crippen molar-refractivity contribution in [2.24, 2.45) is 0 Å². The Hall–Kier alpha value is -3.65. The number of aliphatic hydroxyl groups is 4. The van der Waals surface area contributed by atoms with Gasteiger partial charge in [-0.05, 0) is 22.3 Å².